The molecule has 2 aromatic heterocycles. The van der Waals surface area contributed by atoms with E-state index in [0.717, 1.165) is 10.2 Å². The fourth-order valence-corrected chi connectivity index (χ4v) is 2.39. The molecular formula is C16H14BrN7O. The Bertz CT molecular complexity index is 889. The zero-order valence-electron chi connectivity index (χ0n) is 12.9. The molecule has 5 N–H and O–H groups in total. The molecule has 0 bridgehead atoms. The topological polar surface area (TPSA) is 118 Å². The van der Waals surface area contributed by atoms with Gasteiger partial charge in [0.2, 0.25) is 0 Å². The van der Waals surface area contributed by atoms with E-state index < -0.39 is 0 Å². The zero-order valence-corrected chi connectivity index (χ0v) is 14.5. The maximum absolute atomic E-state index is 12.0. The number of rotatable bonds is 5. The van der Waals surface area contributed by atoms with Crippen LogP contribution in [0, 0.1) is 0 Å². The standard InChI is InChI=1S/C16H14BrN7O/c17-11-2-1-3-12(8-11)22-14-13(18)15(21-9-20-14)23-24-16(25)10-4-6-19-7-5-10/h1-9H,18H2,(H,24,25)(H2,20,21,22,23). The van der Waals surface area contributed by atoms with Gasteiger partial charge in [-0.3, -0.25) is 20.6 Å². The monoisotopic (exact) mass is 399 g/mol. The van der Waals surface area contributed by atoms with Gasteiger partial charge in [-0.2, -0.15) is 0 Å². The molecule has 126 valence electrons. The zero-order chi connectivity index (χ0) is 17.6. The summed E-state index contributed by atoms with van der Waals surface area (Å²) in [6, 6.07) is 10.8. The Labute approximate surface area is 152 Å². The van der Waals surface area contributed by atoms with E-state index in [1.165, 1.54) is 18.7 Å². The molecule has 3 rings (SSSR count). The van der Waals surface area contributed by atoms with Crippen LogP contribution >= 0.6 is 15.9 Å². The molecule has 25 heavy (non-hydrogen) atoms. The van der Waals surface area contributed by atoms with E-state index in [9.17, 15) is 4.79 Å². The minimum atomic E-state index is -0.332. The van der Waals surface area contributed by atoms with Gasteiger partial charge in [-0.25, -0.2) is 9.97 Å². The minimum Gasteiger partial charge on any atom is -0.393 e. The summed E-state index contributed by atoms with van der Waals surface area (Å²) in [5.74, 6) is 0.380. The molecule has 9 heteroatoms. The summed E-state index contributed by atoms with van der Waals surface area (Å²) >= 11 is 3.40. The fourth-order valence-electron chi connectivity index (χ4n) is 1.99. The molecule has 0 saturated carbocycles. The average molecular weight is 400 g/mol. The highest BCUT2D eigenvalue weighted by atomic mass is 79.9. The maximum Gasteiger partial charge on any atom is 0.269 e. The SMILES string of the molecule is Nc1c(NNC(=O)c2ccncc2)ncnc1Nc1cccc(Br)c1. The lowest BCUT2D eigenvalue weighted by molar-refractivity contribution is 0.0962. The number of pyridine rings is 1. The van der Waals surface area contributed by atoms with Gasteiger partial charge in [0.05, 0.1) is 0 Å². The summed E-state index contributed by atoms with van der Waals surface area (Å²) in [6.45, 7) is 0. The summed E-state index contributed by atoms with van der Waals surface area (Å²) in [4.78, 5) is 24.1. The molecular weight excluding hydrogens is 386 g/mol. The van der Waals surface area contributed by atoms with Crippen LogP contribution in [-0.4, -0.2) is 20.9 Å². The number of amides is 1. The fraction of sp³-hybridized carbons (Fsp3) is 0. The number of nitrogen functional groups attached to an aromatic ring is 1. The number of nitrogens with zero attached hydrogens (tertiary/aromatic N) is 3. The van der Waals surface area contributed by atoms with Gasteiger partial charge in [-0.1, -0.05) is 22.0 Å². The van der Waals surface area contributed by atoms with Crippen molar-refractivity contribution in [3.63, 3.8) is 0 Å². The van der Waals surface area contributed by atoms with Gasteiger partial charge >= 0.3 is 0 Å². The van der Waals surface area contributed by atoms with E-state index in [2.05, 4.69) is 47.1 Å². The number of aromatic nitrogens is 3. The molecule has 0 saturated heterocycles. The number of hydrazine groups is 1. The lowest BCUT2D eigenvalue weighted by Crippen LogP contribution is -2.30. The summed E-state index contributed by atoms with van der Waals surface area (Å²) in [5, 5.41) is 3.11. The molecule has 0 radical (unpaired) electrons. The number of hydrogen-bond donors (Lipinski definition) is 4. The molecule has 3 aromatic rings. The number of hydrogen-bond acceptors (Lipinski definition) is 7. The first-order valence-electron chi connectivity index (χ1n) is 7.23. The number of benzene rings is 1. The Kier molecular flexibility index (Phi) is 5.05. The van der Waals surface area contributed by atoms with Gasteiger partial charge in [0.15, 0.2) is 11.6 Å². The Hall–Kier alpha value is -3.20. The summed E-state index contributed by atoms with van der Waals surface area (Å²) < 4.78 is 0.924. The van der Waals surface area contributed by atoms with Gasteiger partial charge in [-0.05, 0) is 30.3 Å². The first-order chi connectivity index (χ1) is 12.1. The molecule has 0 aliphatic carbocycles. The maximum atomic E-state index is 12.0. The summed E-state index contributed by atoms with van der Waals surface area (Å²) in [7, 11) is 0. The number of nitrogens with two attached hydrogens (primary N) is 1. The van der Waals surface area contributed by atoms with Gasteiger partial charge in [-0.15, -0.1) is 0 Å². The smallest absolute Gasteiger partial charge is 0.269 e. The van der Waals surface area contributed by atoms with Crippen molar-refractivity contribution in [1.29, 1.82) is 0 Å². The van der Waals surface area contributed by atoms with E-state index in [4.69, 9.17) is 5.73 Å². The molecule has 0 spiro atoms. The average Bonchev–Trinajstić information content (AvgIpc) is 2.63. The van der Waals surface area contributed by atoms with Gasteiger partial charge in [0.1, 0.15) is 12.0 Å². The van der Waals surface area contributed by atoms with Gasteiger partial charge in [0.25, 0.3) is 5.91 Å². The lowest BCUT2D eigenvalue weighted by atomic mass is 10.3. The third kappa shape index (κ3) is 4.21. The Morgan fingerprint density at radius 3 is 2.60 bits per heavy atom. The van der Waals surface area contributed by atoms with Crippen LogP contribution in [0.25, 0.3) is 0 Å². The van der Waals surface area contributed by atoms with Crippen molar-refractivity contribution in [3.05, 3.63) is 65.2 Å². The van der Waals surface area contributed by atoms with E-state index in [0.29, 0.717) is 11.4 Å². The van der Waals surface area contributed by atoms with Crippen molar-refractivity contribution in [3.8, 4) is 0 Å². The van der Waals surface area contributed by atoms with Gasteiger partial charge < -0.3 is 11.1 Å². The summed E-state index contributed by atoms with van der Waals surface area (Å²) in [5.41, 5.74) is 12.9. The van der Waals surface area contributed by atoms with Crippen LogP contribution in [-0.2, 0) is 0 Å². The quantitative estimate of drug-likeness (QED) is 0.487. The van der Waals surface area contributed by atoms with E-state index in [-0.39, 0.29) is 17.4 Å². The predicted octanol–water partition coefficient (Wildman–Crippen LogP) is 2.72. The number of carbonyl (C=O) groups is 1. The van der Waals surface area contributed by atoms with Crippen molar-refractivity contribution in [2.24, 2.45) is 0 Å². The first kappa shape index (κ1) is 16.7. The third-order valence-corrected chi connectivity index (χ3v) is 3.70. The van der Waals surface area contributed by atoms with E-state index >= 15 is 0 Å². The molecule has 0 fully saturated rings. The van der Waals surface area contributed by atoms with Crippen LogP contribution in [0.2, 0.25) is 0 Å². The highest BCUT2D eigenvalue weighted by molar-refractivity contribution is 9.10. The molecule has 0 atom stereocenters. The normalized spacial score (nSPS) is 10.1. The van der Waals surface area contributed by atoms with Crippen molar-refractivity contribution >= 4 is 44.8 Å². The highest BCUT2D eigenvalue weighted by Gasteiger charge is 2.10. The predicted molar refractivity (Wildman–Crippen MR) is 99.2 cm³/mol. The van der Waals surface area contributed by atoms with Gasteiger partial charge in [0, 0.05) is 28.1 Å². The van der Waals surface area contributed by atoms with Crippen LogP contribution in [0.5, 0.6) is 0 Å². The number of halogens is 1. The van der Waals surface area contributed by atoms with Crippen LogP contribution < -0.4 is 21.9 Å². The minimum absolute atomic E-state index is 0.275. The summed E-state index contributed by atoms with van der Waals surface area (Å²) in [6.07, 6.45) is 4.42. The van der Waals surface area contributed by atoms with Crippen LogP contribution in [0.4, 0.5) is 23.0 Å². The molecule has 0 aliphatic heterocycles. The lowest BCUT2D eigenvalue weighted by Gasteiger charge is -2.13. The molecule has 8 nitrogen and oxygen atoms in total. The van der Waals surface area contributed by atoms with E-state index in [1.54, 1.807) is 12.1 Å². The largest absolute Gasteiger partial charge is 0.393 e. The first-order valence-corrected chi connectivity index (χ1v) is 8.02. The number of anilines is 4. The van der Waals surface area contributed by atoms with Crippen molar-refractivity contribution in [1.82, 2.24) is 20.4 Å². The Morgan fingerprint density at radius 2 is 1.84 bits per heavy atom. The highest BCUT2D eigenvalue weighted by Crippen LogP contribution is 2.26. The number of carbonyl (C=O) groups excluding carboxylic acids is 1. The second-order valence-electron chi connectivity index (χ2n) is 4.93. The van der Waals surface area contributed by atoms with Crippen LogP contribution in [0.1, 0.15) is 10.4 Å². The van der Waals surface area contributed by atoms with Crippen LogP contribution in [0.15, 0.2) is 59.6 Å². The second kappa shape index (κ2) is 7.58. The Morgan fingerprint density at radius 1 is 1.08 bits per heavy atom. The van der Waals surface area contributed by atoms with Crippen molar-refractivity contribution in [2.75, 3.05) is 16.5 Å². The van der Waals surface area contributed by atoms with Crippen LogP contribution in [0.3, 0.4) is 0 Å². The van der Waals surface area contributed by atoms with Crippen molar-refractivity contribution in [2.45, 2.75) is 0 Å². The molecule has 2 heterocycles. The van der Waals surface area contributed by atoms with E-state index in [1.807, 2.05) is 24.3 Å². The Balaban J connectivity index is 1.72. The molecule has 0 aliphatic rings. The molecule has 0 unspecified atom stereocenters. The van der Waals surface area contributed by atoms with Crippen molar-refractivity contribution < 1.29 is 4.79 Å². The molecule has 1 aromatic carbocycles. The third-order valence-electron chi connectivity index (χ3n) is 3.21. The molecule has 1 amide bonds. The second-order valence-corrected chi connectivity index (χ2v) is 5.85. The number of nitrogens with one attached hydrogen (secondary N) is 3.